The van der Waals surface area contributed by atoms with Crippen LogP contribution in [0.1, 0.15) is 17.2 Å². The van der Waals surface area contributed by atoms with Crippen molar-refractivity contribution in [3.63, 3.8) is 0 Å². The first-order chi connectivity index (χ1) is 8.76. The van der Waals surface area contributed by atoms with Gasteiger partial charge in [0.1, 0.15) is 5.75 Å². The lowest BCUT2D eigenvalue weighted by Crippen LogP contribution is -2.34. The van der Waals surface area contributed by atoms with Gasteiger partial charge in [0, 0.05) is 30.2 Å². The van der Waals surface area contributed by atoms with Crippen molar-refractivity contribution >= 4 is 15.9 Å². The number of halogens is 1. The van der Waals surface area contributed by atoms with Gasteiger partial charge in [0.25, 0.3) is 0 Å². The predicted octanol–water partition coefficient (Wildman–Crippen LogP) is 2.26. The maximum Gasteiger partial charge on any atom is 0.126 e. The highest BCUT2D eigenvalue weighted by molar-refractivity contribution is 9.10. The lowest BCUT2D eigenvalue weighted by atomic mass is 10.0. The first-order valence-electron chi connectivity index (χ1n) is 5.93. The molecule has 1 aliphatic heterocycles. The average Bonchev–Trinajstić information content (AvgIpc) is 2.39. The number of hydrogen-bond donors (Lipinski definition) is 1. The van der Waals surface area contributed by atoms with Crippen LogP contribution < -0.4 is 10.1 Å². The summed E-state index contributed by atoms with van der Waals surface area (Å²) >= 11 is 3.49. The van der Waals surface area contributed by atoms with Crippen LogP contribution >= 0.6 is 15.9 Å². The molecule has 4 nitrogen and oxygen atoms in total. The monoisotopic (exact) mass is 315 g/mol. The summed E-state index contributed by atoms with van der Waals surface area (Å²) in [5, 5.41) is 3.34. The Labute approximate surface area is 116 Å². The normalized spacial score (nSPS) is 19.8. The standard InChI is InChI=1S/C13H18BrNO3/c1-16-8-9-5-10(14)6-11(17-2)13(9)12-7-15-3-4-18-12/h5-6,12,15H,3-4,7-8H2,1-2H3. The zero-order chi connectivity index (χ0) is 13.0. The fourth-order valence-electron chi connectivity index (χ4n) is 2.21. The molecule has 1 N–H and O–H groups in total. The lowest BCUT2D eigenvalue weighted by Gasteiger charge is -2.27. The third-order valence-corrected chi connectivity index (χ3v) is 3.42. The van der Waals surface area contributed by atoms with Gasteiger partial charge >= 0.3 is 0 Å². The second-order valence-electron chi connectivity index (χ2n) is 4.18. The zero-order valence-corrected chi connectivity index (χ0v) is 12.2. The van der Waals surface area contributed by atoms with Gasteiger partial charge in [-0.2, -0.15) is 0 Å². The molecule has 1 atom stereocenters. The van der Waals surface area contributed by atoms with E-state index in [1.54, 1.807) is 14.2 Å². The first-order valence-corrected chi connectivity index (χ1v) is 6.73. The van der Waals surface area contributed by atoms with E-state index in [1.807, 2.05) is 6.07 Å². The second kappa shape index (κ2) is 6.52. The minimum absolute atomic E-state index is 0.0203. The Morgan fingerprint density at radius 3 is 2.89 bits per heavy atom. The molecule has 2 rings (SSSR count). The molecule has 0 spiro atoms. The molecular formula is C13H18BrNO3. The number of nitrogens with one attached hydrogen (secondary N) is 1. The van der Waals surface area contributed by atoms with Crippen molar-refractivity contribution in [2.24, 2.45) is 0 Å². The summed E-state index contributed by atoms with van der Waals surface area (Å²) in [5.41, 5.74) is 2.17. The second-order valence-corrected chi connectivity index (χ2v) is 5.09. The first kappa shape index (κ1) is 13.8. The molecule has 1 unspecified atom stereocenters. The van der Waals surface area contributed by atoms with E-state index in [2.05, 4.69) is 27.3 Å². The Kier molecular flexibility index (Phi) is 5.00. The topological polar surface area (TPSA) is 39.7 Å². The molecule has 1 aromatic rings. The number of methoxy groups -OCH3 is 2. The van der Waals surface area contributed by atoms with Crippen molar-refractivity contribution in [1.82, 2.24) is 5.32 Å². The maximum atomic E-state index is 5.82. The molecule has 1 aromatic carbocycles. The van der Waals surface area contributed by atoms with E-state index < -0.39 is 0 Å². The van der Waals surface area contributed by atoms with E-state index in [1.165, 1.54) is 0 Å². The highest BCUT2D eigenvalue weighted by Gasteiger charge is 2.23. The highest BCUT2D eigenvalue weighted by atomic mass is 79.9. The summed E-state index contributed by atoms with van der Waals surface area (Å²) in [7, 11) is 3.37. The van der Waals surface area contributed by atoms with Gasteiger partial charge in [0.15, 0.2) is 0 Å². The molecule has 0 aliphatic carbocycles. The Morgan fingerprint density at radius 1 is 1.44 bits per heavy atom. The summed E-state index contributed by atoms with van der Waals surface area (Å²) in [6.45, 7) is 2.96. The van der Waals surface area contributed by atoms with E-state index in [0.717, 1.165) is 41.0 Å². The smallest absolute Gasteiger partial charge is 0.126 e. The van der Waals surface area contributed by atoms with Gasteiger partial charge in [-0.15, -0.1) is 0 Å². The average molecular weight is 316 g/mol. The number of hydrogen-bond acceptors (Lipinski definition) is 4. The van der Waals surface area contributed by atoms with Gasteiger partial charge in [0.05, 0.1) is 26.4 Å². The van der Waals surface area contributed by atoms with Crippen molar-refractivity contribution in [3.05, 3.63) is 27.7 Å². The number of rotatable bonds is 4. The molecule has 0 aromatic heterocycles. The molecule has 1 saturated heterocycles. The molecule has 1 aliphatic rings. The third kappa shape index (κ3) is 3.03. The van der Waals surface area contributed by atoms with Crippen LogP contribution in [-0.2, 0) is 16.1 Å². The van der Waals surface area contributed by atoms with Crippen LogP contribution in [0, 0.1) is 0 Å². The predicted molar refractivity (Wildman–Crippen MR) is 73.0 cm³/mol. The summed E-state index contributed by atoms with van der Waals surface area (Å²) in [5.74, 6) is 0.838. The van der Waals surface area contributed by atoms with E-state index in [0.29, 0.717) is 6.61 Å². The van der Waals surface area contributed by atoms with Gasteiger partial charge < -0.3 is 19.5 Å². The van der Waals surface area contributed by atoms with Crippen LogP contribution in [0.5, 0.6) is 5.75 Å². The number of morpholine rings is 1. The van der Waals surface area contributed by atoms with Gasteiger partial charge in [-0.1, -0.05) is 15.9 Å². The van der Waals surface area contributed by atoms with Crippen molar-refractivity contribution in [2.45, 2.75) is 12.7 Å². The van der Waals surface area contributed by atoms with E-state index in [-0.39, 0.29) is 6.10 Å². The summed E-state index contributed by atoms with van der Waals surface area (Å²) in [6, 6.07) is 4.02. The fraction of sp³-hybridized carbons (Fsp3) is 0.538. The van der Waals surface area contributed by atoms with Crippen LogP contribution in [-0.4, -0.2) is 33.9 Å². The molecule has 0 amide bonds. The van der Waals surface area contributed by atoms with Crippen LogP contribution in [0.15, 0.2) is 16.6 Å². The third-order valence-electron chi connectivity index (χ3n) is 2.96. The van der Waals surface area contributed by atoms with Gasteiger partial charge in [-0.25, -0.2) is 0 Å². The Morgan fingerprint density at radius 2 is 2.28 bits per heavy atom. The van der Waals surface area contributed by atoms with Crippen molar-refractivity contribution < 1.29 is 14.2 Å². The summed E-state index contributed by atoms with van der Waals surface area (Å²) in [6.07, 6.45) is 0.0203. The van der Waals surface area contributed by atoms with Crippen LogP contribution in [0.3, 0.4) is 0 Å². The lowest BCUT2D eigenvalue weighted by molar-refractivity contribution is 0.0246. The van der Waals surface area contributed by atoms with E-state index in [9.17, 15) is 0 Å². The molecule has 100 valence electrons. The van der Waals surface area contributed by atoms with Crippen LogP contribution in [0.25, 0.3) is 0 Å². The Bertz CT molecular complexity index is 405. The molecule has 1 heterocycles. The maximum absolute atomic E-state index is 5.82. The summed E-state index contributed by atoms with van der Waals surface area (Å²) in [4.78, 5) is 0. The van der Waals surface area contributed by atoms with Gasteiger partial charge in [0.2, 0.25) is 0 Å². The molecular weight excluding hydrogens is 298 g/mol. The fourth-order valence-corrected chi connectivity index (χ4v) is 2.69. The van der Waals surface area contributed by atoms with Crippen LogP contribution in [0.2, 0.25) is 0 Å². The Hall–Kier alpha value is -0.620. The highest BCUT2D eigenvalue weighted by Crippen LogP contribution is 2.35. The number of benzene rings is 1. The van der Waals surface area contributed by atoms with Crippen molar-refractivity contribution in [2.75, 3.05) is 33.9 Å². The summed E-state index contributed by atoms with van der Waals surface area (Å²) < 4.78 is 17.5. The quantitative estimate of drug-likeness (QED) is 0.925. The number of ether oxygens (including phenoxy) is 3. The zero-order valence-electron chi connectivity index (χ0n) is 10.7. The van der Waals surface area contributed by atoms with Crippen molar-refractivity contribution in [3.8, 4) is 5.75 Å². The van der Waals surface area contributed by atoms with Gasteiger partial charge in [-0.3, -0.25) is 0 Å². The van der Waals surface area contributed by atoms with Crippen LogP contribution in [0.4, 0.5) is 0 Å². The minimum Gasteiger partial charge on any atom is -0.496 e. The molecule has 0 bridgehead atoms. The molecule has 0 saturated carbocycles. The minimum atomic E-state index is 0.0203. The Balaban J connectivity index is 2.39. The SMILES string of the molecule is COCc1cc(Br)cc(OC)c1C1CNCCO1. The van der Waals surface area contributed by atoms with E-state index in [4.69, 9.17) is 14.2 Å². The van der Waals surface area contributed by atoms with Crippen molar-refractivity contribution in [1.29, 1.82) is 0 Å². The molecule has 5 heteroatoms. The molecule has 0 radical (unpaired) electrons. The molecule has 18 heavy (non-hydrogen) atoms. The molecule has 1 fully saturated rings. The van der Waals surface area contributed by atoms with Gasteiger partial charge in [-0.05, 0) is 17.7 Å². The largest absolute Gasteiger partial charge is 0.496 e. The van der Waals surface area contributed by atoms with E-state index >= 15 is 0 Å².